The summed E-state index contributed by atoms with van der Waals surface area (Å²) in [5.74, 6) is 11.5. The Kier molecular flexibility index (Phi) is 16.4. The van der Waals surface area contributed by atoms with E-state index in [-0.39, 0.29) is 45.4 Å². The average Bonchev–Trinajstić information content (AvgIpc) is 3.55. The molecule has 0 fully saturated rings. The zero-order valence-corrected chi connectivity index (χ0v) is 45.3. The Labute approximate surface area is 463 Å². The molecule has 428 valence electrons. The third kappa shape index (κ3) is 14.0. The number of hydrogen-bond acceptors (Lipinski definition) is 26. The first-order valence-electron chi connectivity index (χ1n) is 21.9. The lowest BCUT2D eigenvalue weighted by molar-refractivity contribution is 0.441. The van der Waals surface area contributed by atoms with E-state index < -0.39 is 125 Å². The van der Waals surface area contributed by atoms with Crippen LogP contribution in [0.15, 0.2) is 163 Å². The molecule has 0 aliphatic heterocycles. The Balaban J connectivity index is 1.02. The van der Waals surface area contributed by atoms with Gasteiger partial charge in [-0.3, -0.25) is 27.3 Å². The van der Waals surface area contributed by atoms with Crippen molar-refractivity contribution >= 4 is 119 Å². The molecule has 8 aromatic rings. The second-order valence-electron chi connectivity index (χ2n) is 16.3. The third-order valence-corrected chi connectivity index (χ3v) is 16.2. The fourth-order valence-corrected chi connectivity index (χ4v) is 10.8. The minimum Gasteiger partial charge on any atom is -0.422 e. The molecule has 0 atom stereocenters. The molecule has 0 saturated carbocycles. The van der Waals surface area contributed by atoms with E-state index in [4.69, 9.17) is 21.2 Å². The molecule has 0 aliphatic rings. The molecular formula is C44H36N12O20S6. The summed E-state index contributed by atoms with van der Waals surface area (Å²) in [6.45, 7) is 0. The van der Waals surface area contributed by atoms with Crippen LogP contribution in [0.4, 0.5) is 46.0 Å². The second-order valence-corrected chi connectivity index (χ2v) is 24.7. The van der Waals surface area contributed by atoms with Crippen molar-refractivity contribution < 1.29 is 87.3 Å². The Morgan fingerprint density at radius 1 is 0.402 bits per heavy atom. The predicted molar refractivity (Wildman–Crippen MR) is 285 cm³/mol. The first kappa shape index (κ1) is 59.4. The number of rotatable bonds is 20. The van der Waals surface area contributed by atoms with E-state index in [0.717, 1.165) is 95.5 Å². The van der Waals surface area contributed by atoms with Gasteiger partial charge in [-0.1, -0.05) is 48.6 Å². The summed E-state index contributed by atoms with van der Waals surface area (Å²) in [6, 6.07) is 21.2. The summed E-state index contributed by atoms with van der Waals surface area (Å²) < 4.78 is 218. The van der Waals surface area contributed by atoms with Gasteiger partial charge in [0.05, 0.1) is 43.9 Å². The summed E-state index contributed by atoms with van der Waals surface area (Å²) in [4.78, 5) is 19.4. The normalized spacial score (nSPS) is 12.4. The van der Waals surface area contributed by atoms with E-state index in [2.05, 4.69) is 40.5 Å². The van der Waals surface area contributed by atoms with Gasteiger partial charge in [0.15, 0.2) is 11.5 Å². The van der Waals surface area contributed by atoms with Gasteiger partial charge in [-0.05, 0) is 96.1 Å². The molecule has 6 aromatic carbocycles. The van der Waals surface area contributed by atoms with Gasteiger partial charge in [0.25, 0.3) is 72.6 Å². The van der Waals surface area contributed by atoms with Crippen molar-refractivity contribution in [1.29, 1.82) is 0 Å². The number of nitrogens with one attached hydrogen (secondary N) is 2. The molecule has 0 saturated heterocycles. The van der Waals surface area contributed by atoms with Crippen molar-refractivity contribution in [3.63, 3.8) is 0 Å². The Morgan fingerprint density at radius 3 is 1.10 bits per heavy atom. The number of para-hydroxylation sites is 4. The monoisotopic (exact) mass is 1240 g/mol. The average molecular weight is 1250 g/mol. The quantitative estimate of drug-likeness (QED) is 0.0212. The van der Waals surface area contributed by atoms with Crippen molar-refractivity contribution in [3.05, 3.63) is 145 Å². The standard InChI is InChI=1S/C44H36N12O20S6/c45-55(41-47-23-49-43(53-41)75-35-7-3-1-5-31(35)51-33-21-29(77(57,58)59)15-17-37(33)79(63,64)65)27-13-11-25(39(19-27)81(69,70)71)9-10-26-12-14-28(20-40(26)82(72,73)74)56(46)42-48-24-50-44(54-42)76-36-8-4-2-6-32(36)52-34-22-30(78(60,61)62)16-18-38(34)80(66,67)68/h1-24,51-52H,45-46H2,(H,57,58,59)(H,60,61,62)(H,63,64,65)(H,66,67,68)(H,69,70,71)(H,72,73,74). The summed E-state index contributed by atoms with van der Waals surface area (Å²) in [7, 11) is -29.9. The topological polar surface area (TPSA) is 505 Å². The predicted octanol–water partition coefficient (Wildman–Crippen LogP) is 4.80. The zero-order valence-electron chi connectivity index (χ0n) is 40.4. The van der Waals surface area contributed by atoms with Crippen LogP contribution in [0, 0.1) is 0 Å². The van der Waals surface area contributed by atoms with E-state index in [1.54, 1.807) is 0 Å². The van der Waals surface area contributed by atoms with Gasteiger partial charge in [-0.25, -0.2) is 21.7 Å². The van der Waals surface area contributed by atoms with E-state index in [9.17, 15) is 77.8 Å². The largest absolute Gasteiger partial charge is 0.422 e. The molecule has 0 amide bonds. The smallest absolute Gasteiger partial charge is 0.326 e. The molecule has 8 rings (SSSR count). The van der Waals surface area contributed by atoms with Crippen LogP contribution in [0.1, 0.15) is 11.1 Å². The minimum atomic E-state index is -5.12. The summed E-state index contributed by atoms with van der Waals surface area (Å²) in [5, 5.41) is 6.71. The fraction of sp³-hybridized carbons (Fsp3) is 0. The van der Waals surface area contributed by atoms with Gasteiger partial charge in [0, 0.05) is 0 Å². The van der Waals surface area contributed by atoms with Gasteiger partial charge >= 0.3 is 12.0 Å². The van der Waals surface area contributed by atoms with Gasteiger partial charge in [0.2, 0.25) is 0 Å². The van der Waals surface area contributed by atoms with Gasteiger partial charge in [-0.15, -0.1) is 0 Å². The number of aromatic nitrogens is 6. The molecule has 2 heterocycles. The van der Waals surface area contributed by atoms with Gasteiger partial charge in [-0.2, -0.15) is 80.4 Å². The van der Waals surface area contributed by atoms with Crippen LogP contribution in [0.5, 0.6) is 23.5 Å². The molecule has 82 heavy (non-hydrogen) atoms. The van der Waals surface area contributed by atoms with Gasteiger partial charge < -0.3 is 20.1 Å². The molecule has 32 nitrogen and oxygen atoms in total. The van der Waals surface area contributed by atoms with Crippen LogP contribution in [0.2, 0.25) is 0 Å². The zero-order chi connectivity index (χ0) is 59.7. The Hall–Kier alpha value is -8.74. The summed E-state index contributed by atoms with van der Waals surface area (Å²) in [5.41, 5.74) is -1.98. The maximum atomic E-state index is 12.8. The molecule has 0 aliphatic carbocycles. The number of hydrogen-bond donors (Lipinski definition) is 10. The molecule has 2 aromatic heterocycles. The maximum absolute atomic E-state index is 12.8. The number of benzene rings is 6. The lowest BCUT2D eigenvalue weighted by atomic mass is 10.1. The second kappa shape index (κ2) is 22.7. The van der Waals surface area contributed by atoms with Crippen molar-refractivity contribution in [2.75, 3.05) is 20.7 Å². The van der Waals surface area contributed by atoms with Crippen LogP contribution in [-0.2, 0) is 60.7 Å². The number of ether oxygens (including phenoxy) is 2. The lowest BCUT2D eigenvalue weighted by Gasteiger charge is -2.19. The van der Waals surface area contributed by atoms with E-state index >= 15 is 0 Å². The molecule has 0 bridgehead atoms. The van der Waals surface area contributed by atoms with Crippen LogP contribution in [0.3, 0.4) is 0 Å². The van der Waals surface area contributed by atoms with Crippen molar-refractivity contribution in [2.45, 2.75) is 29.4 Å². The fourth-order valence-electron chi connectivity index (χ4n) is 7.14. The van der Waals surface area contributed by atoms with Crippen molar-refractivity contribution in [1.82, 2.24) is 29.9 Å². The molecule has 38 heteroatoms. The summed E-state index contributed by atoms with van der Waals surface area (Å²) in [6.07, 6.45) is 3.98. The first-order valence-corrected chi connectivity index (χ1v) is 30.5. The van der Waals surface area contributed by atoms with E-state index in [1.807, 2.05) is 0 Å². The Bertz CT molecular complexity index is 4310. The Morgan fingerprint density at radius 2 is 0.756 bits per heavy atom. The highest BCUT2D eigenvalue weighted by molar-refractivity contribution is 7.87. The van der Waals surface area contributed by atoms with E-state index in [0.29, 0.717) is 0 Å². The molecule has 0 unspecified atom stereocenters. The van der Waals surface area contributed by atoms with Crippen molar-refractivity contribution in [3.8, 4) is 23.5 Å². The number of nitrogens with zero attached hydrogens (tertiary/aromatic N) is 8. The minimum absolute atomic E-state index is 0.0511. The molecule has 0 radical (unpaired) electrons. The van der Waals surface area contributed by atoms with Crippen LogP contribution in [-0.4, -0.2) is 108 Å². The van der Waals surface area contributed by atoms with Crippen LogP contribution >= 0.6 is 0 Å². The number of anilines is 8. The first-order chi connectivity index (χ1) is 38.2. The lowest BCUT2D eigenvalue weighted by Crippen LogP contribution is -2.27. The highest BCUT2D eigenvalue weighted by atomic mass is 32.2. The molecular weight excluding hydrogens is 1210 g/mol. The van der Waals surface area contributed by atoms with E-state index in [1.165, 1.54) is 60.7 Å². The van der Waals surface area contributed by atoms with Gasteiger partial charge in [0.1, 0.15) is 32.2 Å². The number of nitrogens with two attached hydrogens (primary N) is 2. The third-order valence-electron chi connectivity index (χ3n) is 10.8. The van der Waals surface area contributed by atoms with Crippen LogP contribution < -0.4 is 41.8 Å². The highest BCUT2D eigenvalue weighted by Gasteiger charge is 2.25. The molecule has 0 spiro atoms. The SMILES string of the molecule is NN(c1ccc(C=Cc2ccc(N(N)c3ncnc(Oc4ccccc4Nc4cc(S(=O)(=O)O)ccc4S(=O)(=O)O)n3)cc2S(=O)(=O)O)c(S(=O)(=O)O)c1)c1ncnc(Oc2ccccc2Nc2cc(S(=O)(=O)O)ccc2S(=O)(=O)O)n1. The summed E-state index contributed by atoms with van der Waals surface area (Å²) >= 11 is 0. The number of hydrazine groups is 2. The van der Waals surface area contributed by atoms with Crippen molar-refractivity contribution in [2.24, 2.45) is 11.7 Å². The van der Waals surface area contributed by atoms with Crippen LogP contribution in [0.25, 0.3) is 12.2 Å². The molecule has 12 N–H and O–H groups in total. The highest BCUT2D eigenvalue weighted by Crippen LogP contribution is 2.37. The maximum Gasteiger partial charge on any atom is 0.326 e.